The number of carbonyl (C=O) groups is 1. The van der Waals surface area contributed by atoms with E-state index in [1.807, 2.05) is 28.9 Å². The molecule has 0 spiro atoms. The van der Waals surface area contributed by atoms with Gasteiger partial charge in [-0.25, -0.2) is 0 Å². The Morgan fingerprint density at radius 3 is 3.12 bits per heavy atom. The van der Waals surface area contributed by atoms with Crippen molar-refractivity contribution in [2.45, 2.75) is 38.9 Å². The van der Waals surface area contributed by atoms with E-state index in [9.17, 15) is 4.79 Å². The van der Waals surface area contributed by atoms with E-state index < -0.39 is 5.97 Å². The number of aliphatic carboxylic acids is 1. The molecular formula is C11H17N3O2. The molecule has 2 heterocycles. The summed E-state index contributed by atoms with van der Waals surface area (Å²) in [4.78, 5) is 13.0. The van der Waals surface area contributed by atoms with E-state index in [4.69, 9.17) is 5.11 Å². The highest BCUT2D eigenvalue weighted by atomic mass is 16.4. The quantitative estimate of drug-likeness (QED) is 0.825. The molecule has 88 valence electrons. The smallest absolute Gasteiger partial charge is 0.320 e. The molecule has 1 fully saturated rings. The zero-order valence-corrected chi connectivity index (χ0v) is 9.46. The van der Waals surface area contributed by atoms with Crippen LogP contribution < -0.4 is 0 Å². The van der Waals surface area contributed by atoms with Gasteiger partial charge in [-0.2, -0.15) is 5.10 Å². The van der Waals surface area contributed by atoms with E-state index in [1.54, 1.807) is 0 Å². The average molecular weight is 223 g/mol. The molecule has 0 unspecified atom stereocenters. The molecule has 1 aliphatic rings. The summed E-state index contributed by atoms with van der Waals surface area (Å²) in [7, 11) is 0. The van der Waals surface area contributed by atoms with Crippen molar-refractivity contribution in [3.8, 4) is 0 Å². The molecule has 1 aliphatic heterocycles. The van der Waals surface area contributed by atoms with E-state index in [0.717, 1.165) is 31.5 Å². The first-order valence-corrected chi connectivity index (χ1v) is 5.69. The highest BCUT2D eigenvalue weighted by molar-refractivity contribution is 5.73. The number of rotatable bonds is 4. The fourth-order valence-electron chi connectivity index (χ4n) is 2.19. The molecule has 16 heavy (non-hydrogen) atoms. The topological polar surface area (TPSA) is 58.4 Å². The summed E-state index contributed by atoms with van der Waals surface area (Å²) < 4.78 is 1.86. The molecule has 5 nitrogen and oxygen atoms in total. The van der Waals surface area contributed by atoms with E-state index >= 15 is 0 Å². The SMILES string of the molecule is CCn1cc(CN2CCC[C@H]2C(=O)O)cn1. The summed E-state index contributed by atoms with van der Waals surface area (Å²) in [5.41, 5.74) is 1.09. The summed E-state index contributed by atoms with van der Waals surface area (Å²) >= 11 is 0. The van der Waals surface area contributed by atoms with Crippen LogP contribution in [0.2, 0.25) is 0 Å². The van der Waals surface area contributed by atoms with Gasteiger partial charge in [0.05, 0.1) is 6.20 Å². The summed E-state index contributed by atoms with van der Waals surface area (Å²) in [6.07, 6.45) is 5.54. The number of nitrogens with zero attached hydrogens (tertiary/aromatic N) is 3. The maximum Gasteiger partial charge on any atom is 0.320 e. The first kappa shape index (κ1) is 11.1. The minimum Gasteiger partial charge on any atom is -0.480 e. The Labute approximate surface area is 94.7 Å². The fraction of sp³-hybridized carbons (Fsp3) is 0.636. The van der Waals surface area contributed by atoms with Crippen LogP contribution in [0.25, 0.3) is 0 Å². The zero-order chi connectivity index (χ0) is 11.5. The first-order valence-electron chi connectivity index (χ1n) is 5.69. The van der Waals surface area contributed by atoms with Gasteiger partial charge in [-0.1, -0.05) is 0 Å². The zero-order valence-electron chi connectivity index (χ0n) is 9.46. The van der Waals surface area contributed by atoms with E-state index in [2.05, 4.69) is 5.10 Å². The molecule has 2 rings (SSSR count). The highest BCUT2D eigenvalue weighted by Gasteiger charge is 2.30. The number of hydrogen-bond acceptors (Lipinski definition) is 3. The molecule has 0 bridgehead atoms. The van der Waals surface area contributed by atoms with Crippen molar-refractivity contribution in [1.29, 1.82) is 0 Å². The van der Waals surface area contributed by atoms with Crippen molar-refractivity contribution in [2.24, 2.45) is 0 Å². The Bertz CT molecular complexity index is 375. The molecule has 0 radical (unpaired) electrons. The fourth-order valence-corrected chi connectivity index (χ4v) is 2.19. The highest BCUT2D eigenvalue weighted by Crippen LogP contribution is 2.19. The van der Waals surface area contributed by atoms with Crippen LogP contribution in [0.15, 0.2) is 12.4 Å². The second-order valence-electron chi connectivity index (χ2n) is 4.17. The van der Waals surface area contributed by atoms with E-state index in [-0.39, 0.29) is 6.04 Å². The van der Waals surface area contributed by atoms with Crippen molar-refractivity contribution in [2.75, 3.05) is 6.54 Å². The molecule has 1 saturated heterocycles. The lowest BCUT2D eigenvalue weighted by Crippen LogP contribution is -2.35. The maximum absolute atomic E-state index is 11.0. The third-order valence-corrected chi connectivity index (χ3v) is 3.05. The Kier molecular flexibility index (Phi) is 3.24. The summed E-state index contributed by atoms with van der Waals surface area (Å²) in [5.74, 6) is -0.708. The van der Waals surface area contributed by atoms with Gasteiger partial charge in [0.1, 0.15) is 6.04 Å². The van der Waals surface area contributed by atoms with Gasteiger partial charge in [-0.3, -0.25) is 14.4 Å². The summed E-state index contributed by atoms with van der Waals surface area (Å²) in [5, 5.41) is 13.2. The number of hydrogen-bond donors (Lipinski definition) is 1. The summed E-state index contributed by atoms with van der Waals surface area (Å²) in [6, 6.07) is -0.315. The van der Waals surface area contributed by atoms with Crippen molar-refractivity contribution in [3.05, 3.63) is 18.0 Å². The first-order chi connectivity index (χ1) is 7.70. The van der Waals surface area contributed by atoms with E-state index in [1.165, 1.54) is 0 Å². The lowest BCUT2D eigenvalue weighted by atomic mass is 10.2. The van der Waals surface area contributed by atoms with Crippen molar-refractivity contribution in [3.63, 3.8) is 0 Å². The molecule has 5 heteroatoms. The Hall–Kier alpha value is -1.36. The van der Waals surface area contributed by atoms with Crippen molar-refractivity contribution < 1.29 is 9.90 Å². The maximum atomic E-state index is 11.0. The normalized spacial score (nSPS) is 21.4. The minimum absolute atomic E-state index is 0.315. The van der Waals surface area contributed by atoms with Crippen LogP contribution >= 0.6 is 0 Å². The van der Waals surface area contributed by atoms with E-state index in [0.29, 0.717) is 6.54 Å². The van der Waals surface area contributed by atoms with Crippen LogP contribution in [0.3, 0.4) is 0 Å². The monoisotopic (exact) mass is 223 g/mol. The van der Waals surface area contributed by atoms with Crippen LogP contribution in [0, 0.1) is 0 Å². The predicted molar refractivity (Wildman–Crippen MR) is 59.0 cm³/mol. The van der Waals surface area contributed by atoms with Gasteiger partial charge in [-0.05, 0) is 26.3 Å². The third kappa shape index (κ3) is 2.24. The molecule has 0 saturated carbocycles. The Morgan fingerprint density at radius 1 is 1.69 bits per heavy atom. The number of carboxylic acids is 1. The number of aromatic nitrogens is 2. The Morgan fingerprint density at radius 2 is 2.50 bits per heavy atom. The molecule has 1 atom stereocenters. The molecule has 1 aromatic rings. The molecule has 1 N–H and O–H groups in total. The second kappa shape index (κ2) is 4.65. The van der Waals surface area contributed by atoms with Gasteiger partial charge in [0.2, 0.25) is 0 Å². The number of carboxylic acid groups (broad SMARTS) is 1. The lowest BCUT2D eigenvalue weighted by molar-refractivity contribution is -0.142. The van der Waals surface area contributed by atoms with Crippen molar-refractivity contribution in [1.82, 2.24) is 14.7 Å². The molecule has 0 aliphatic carbocycles. The molecule has 0 aromatic carbocycles. The largest absolute Gasteiger partial charge is 0.480 e. The van der Waals surface area contributed by atoms with Gasteiger partial charge >= 0.3 is 5.97 Å². The lowest BCUT2D eigenvalue weighted by Gasteiger charge is -2.19. The van der Waals surface area contributed by atoms with Crippen molar-refractivity contribution >= 4 is 5.97 Å². The summed E-state index contributed by atoms with van der Waals surface area (Å²) in [6.45, 7) is 4.44. The van der Waals surface area contributed by atoms with Gasteiger partial charge in [0.25, 0.3) is 0 Å². The number of likely N-dealkylation sites (tertiary alicyclic amines) is 1. The average Bonchev–Trinajstić information content (AvgIpc) is 2.87. The van der Waals surface area contributed by atoms with Gasteiger partial charge in [-0.15, -0.1) is 0 Å². The molecule has 1 aromatic heterocycles. The third-order valence-electron chi connectivity index (χ3n) is 3.05. The number of aryl methyl sites for hydroxylation is 1. The van der Waals surface area contributed by atoms with Gasteiger partial charge < -0.3 is 5.11 Å². The van der Waals surface area contributed by atoms with Crippen LogP contribution in [0.4, 0.5) is 0 Å². The Balaban J connectivity index is 2.00. The standard InChI is InChI=1S/C11H17N3O2/c1-2-14-8-9(6-12-14)7-13-5-3-4-10(13)11(15)16/h6,8,10H,2-5,7H2,1H3,(H,15,16)/t10-/m0/s1. The van der Waals surface area contributed by atoms with Gasteiger partial charge in [0.15, 0.2) is 0 Å². The molecule has 0 amide bonds. The minimum atomic E-state index is -0.708. The van der Waals surface area contributed by atoms with Crippen LogP contribution in [0.5, 0.6) is 0 Å². The van der Waals surface area contributed by atoms with Gasteiger partial charge in [0, 0.05) is 24.8 Å². The van der Waals surface area contributed by atoms with Crippen LogP contribution in [-0.2, 0) is 17.9 Å². The van der Waals surface area contributed by atoms with Crippen LogP contribution in [-0.4, -0.2) is 38.3 Å². The second-order valence-corrected chi connectivity index (χ2v) is 4.17. The van der Waals surface area contributed by atoms with Crippen LogP contribution in [0.1, 0.15) is 25.3 Å². The molecular weight excluding hydrogens is 206 g/mol. The predicted octanol–water partition coefficient (Wildman–Crippen LogP) is 0.952.